The van der Waals surface area contributed by atoms with Gasteiger partial charge in [-0.25, -0.2) is 4.79 Å². The molecule has 21 atom stereocenters. The minimum absolute atomic E-state index is 0.0478. The number of carbonyl (C=O) groups excluding carboxylic acids is 1. The molecule has 4 aliphatic carbocycles. The second kappa shape index (κ2) is 15.1. The number of rotatable bonds is 7. The summed E-state index contributed by atoms with van der Waals surface area (Å²) < 4.78 is 42.1. The molecule has 0 bridgehead atoms. The van der Waals surface area contributed by atoms with Gasteiger partial charge in [0.05, 0.1) is 54.4 Å². The summed E-state index contributed by atoms with van der Waals surface area (Å²) in [6.45, 7) is 9.86. The van der Waals surface area contributed by atoms with Crippen LogP contribution in [0.4, 0.5) is 0 Å². The zero-order chi connectivity index (χ0) is 39.2. The van der Waals surface area contributed by atoms with Crippen LogP contribution < -0.4 is 0 Å². The highest BCUT2D eigenvalue weighted by atomic mass is 16.7. The normalized spacial score (nSPS) is 55.5. The van der Waals surface area contributed by atoms with Crippen molar-refractivity contribution in [3.05, 3.63) is 11.6 Å². The summed E-state index contributed by atoms with van der Waals surface area (Å²) in [7, 11) is 0. The minimum Gasteiger partial charge on any atom is -0.458 e. The first kappa shape index (κ1) is 40.5. The third-order valence-electron chi connectivity index (χ3n) is 15.9. The molecule has 14 nitrogen and oxygen atoms in total. The van der Waals surface area contributed by atoms with E-state index in [1.54, 1.807) is 13.8 Å². The van der Waals surface area contributed by atoms with E-state index in [9.17, 15) is 35.4 Å². The van der Waals surface area contributed by atoms with Crippen LogP contribution in [-0.2, 0) is 38.0 Å². The van der Waals surface area contributed by atoms with Crippen molar-refractivity contribution < 1.29 is 68.6 Å². The lowest BCUT2D eigenvalue weighted by atomic mass is 9.42. The van der Waals surface area contributed by atoms with Crippen molar-refractivity contribution in [2.75, 3.05) is 6.61 Å². The van der Waals surface area contributed by atoms with Gasteiger partial charge in [-0.2, -0.15) is 0 Å². The lowest BCUT2D eigenvalue weighted by Gasteiger charge is -2.65. The highest BCUT2D eigenvalue weighted by Gasteiger charge is 2.71. The maximum absolute atomic E-state index is 12.6. The Hall–Kier alpha value is -1.27. The Balaban J connectivity index is 0.839. The molecule has 0 aromatic carbocycles. The van der Waals surface area contributed by atoms with Gasteiger partial charge in [0, 0.05) is 36.2 Å². The molecule has 0 amide bonds. The molecule has 8 aliphatic rings. The molecule has 0 spiro atoms. The Kier molecular flexibility index (Phi) is 11.1. The van der Waals surface area contributed by atoms with Gasteiger partial charge in [-0.15, -0.1) is 0 Å². The van der Waals surface area contributed by atoms with E-state index in [0.29, 0.717) is 30.8 Å². The molecule has 312 valence electrons. The first-order chi connectivity index (χ1) is 26.0. The molecule has 0 aromatic rings. The maximum Gasteiger partial charge on any atom is 0.334 e. The Bertz CT molecular complexity index is 1410. The Morgan fingerprint density at radius 2 is 1.29 bits per heavy atom. The van der Waals surface area contributed by atoms with Crippen LogP contribution in [0.3, 0.4) is 0 Å². The van der Waals surface area contributed by atoms with Crippen molar-refractivity contribution in [3.8, 4) is 0 Å². The zero-order valence-electron chi connectivity index (χ0n) is 32.9. The number of carbonyl (C=O) groups is 1. The molecule has 7 fully saturated rings. The number of fused-ring (bicyclic) bond motifs is 5. The second-order valence-corrected chi connectivity index (χ2v) is 18.7. The number of ether oxygens (including phenoxy) is 7. The molecule has 8 rings (SSSR count). The fourth-order valence-electron chi connectivity index (χ4n) is 12.7. The van der Waals surface area contributed by atoms with Crippen LogP contribution in [0.15, 0.2) is 11.6 Å². The van der Waals surface area contributed by atoms with Gasteiger partial charge in [-0.1, -0.05) is 13.8 Å². The highest BCUT2D eigenvalue weighted by Crippen LogP contribution is 2.70. The third kappa shape index (κ3) is 6.85. The lowest BCUT2D eigenvalue weighted by molar-refractivity contribution is -0.336. The van der Waals surface area contributed by atoms with Gasteiger partial charge in [0.15, 0.2) is 18.9 Å². The molecule has 3 saturated heterocycles. The van der Waals surface area contributed by atoms with Gasteiger partial charge in [0.1, 0.15) is 24.9 Å². The van der Waals surface area contributed by atoms with Gasteiger partial charge in [-0.05, 0) is 101 Å². The Morgan fingerprint density at radius 1 is 0.691 bits per heavy atom. The summed E-state index contributed by atoms with van der Waals surface area (Å²) in [4.78, 5) is 12.6. The second-order valence-electron chi connectivity index (χ2n) is 18.7. The number of aliphatic hydroxyl groups excluding tert-OH is 5. The van der Waals surface area contributed by atoms with Crippen LogP contribution >= 0.6 is 0 Å². The average molecular weight is 781 g/mol. The smallest absolute Gasteiger partial charge is 0.334 e. The SMILES string of the molecule is C[C@H]1O[C@@H](O[C@@H]2[C@@H](O)C[C@H](O[C@@H]3[C@@H](O)C[C@@H](O[C@H]4CC[C@@]5(C)[C@H](CC[C@@H]6[C@@H]5C[C@@H](O)[C@]5(C)C(C7=CCOC7=O)CC[C@]65O)C4)O[C@@H]3C)O[C@@H]2C)C[C@H](O)[C@H]1O. The van der Waals surface area contributed by atoms with Crippen LogP contribution in [-0.4, -0.2) is 135 Å². The molecule has 6 N–H and O–H groups in total. The quantitative estimate of drug-likeness (QED) is 0.162. The Labute approximate surface area is 323 Å². The maximum atomic E-state index is 12.6. The van der Waals surface area contributed by atoms with Crippen LogP contribution in [0.2, 0.25) is 0 Å². The van der Waals surface area contributed by atoms with Crippen molar-refractivity contribution in [2.24, 2.45) is 34.5 Å². The van der Waals surface area contributed by atoms with E-state index in [1.165, 1.54) is 0 Å². The molecule has 4 saturated carbocycles. The van der Waals surface area contributed by atoms with E-state index >= 15 is 0 Å². The standard InChI is InChI=1S/C41H64O14/c1-19-35(46)28(42)16-33(50-19)54-37-21(3)52-34(18-30(37)44)55-36-20(2)51-32(17-29(36)43)53-23-8-11-39(4)22(14-23)6-7-26-27(39)15-31(45)40(5)25(9-12-41(26,40)48)24-10-13-49-38(24)47/h10,19-23,25-37,42-46,48H,6-9,11-18H2,1-5H3/t19-,20-,21-,22-,23+,25?,26-,27+,28+,29+,30+,31-,32-,33+,34+,35+,36+,37+,39+,40+,41+/m1/s1. The number of esters is 1. The van der Waals surface area contributed by atoms with Crippen molar-refractivity contribution in [2.45, 2.75) is 197 Å². The first-order valence-electron chi connectivity index (χ1n) is 21.0. The summed E-state index contributed by atoms with van der Waals surface area (Å²) in [5, 5.41) is 66.9. The highest BCUT2D eigenvalue weighted by molar-refractivity contribution is 5.91. The predicted octanol–water partition coefficient (Wildman–Crippen LogP) is 2.22. The lowest BCUT2D eigenvalue weighted by Crippen LogP contribution is -2.67. The molecule has 14 heteroatoms. The summed E-state index contributed by atoms with van der Waals surface area (Å²) in [6.07, 6.45) is -1.52. The van der Waals surface area contributed by atoms with E-state index in [2.05, 4.69) is 6.92 Å². The first-order valence-corrected chi connectivity index (χ1v) is 21.0. The van der Waals surface area contributed by atoms with Gasteiger partial charge >= 0.3 is 5.97 Å². The molecule has 55 heavy (non-hydrogen) atoms. The van der Waals surface area contributed by atoms with E-state index in [-0.39, 0.29) is 61.1 Å². The number of hydrogen-bond acceptors (Lipinski definition) is 14. The topological polar surface area (TPSA) is 203 Å². The molecular weight excluding hydrogens is 716 g/mol. The monoisotopic (exact) mass is 780 g/mol. The number of hydrogen-bond donors (Lipinski definition) is 6. The number of aliphatic hydroxyl groups is 6. The Morgan fingerprint density at radius 3 is 1.87 bits per heavy atom. The largest absolute Gasteiger partial charge is 0.458 e. The molecule has 4 aliphatic heterocycles. The molecule has 4 heterocycles. The minimum atomic E-state index is -1.06. The predicted molar refractivity (Wildman–Crippen MR) is 193 cm³/mol. The van der Waals surface area contributed by atoms with Gasteiger partial charge < -0.3 is 63.8 Å². The molecule has 0 aromatic heterocycles. The van der Waals surface area contributed by atoms with E-state index < -0.39 is 90.9 Å². The summed E-state index contributed by atoms with van der Waals surface area (Å²) in [5.74, 6) is 0.0316. The van der Waals surface area contributed by atoms with Gasteiger partial charge in [-0.3, -0.25) is 0 Å². The molecular formula is C41H64O14. The third-order valence-corrected chi connectivity index (χ3v) is 15.9. The van der Waals surface area contributed by atoms with Crippen LogP contribution in [0.5, 0.6) is 0 Å². The average Bonchev–Trinajstić information content (AvgIpc) is 3.67. The molecule has 0 radical (unpaired) electrons. The van der Waals surface area contributed by atoms with E-state index in [0.717, 1.165) is 32.1 Å². The van der Waals surface area contributed by atoms with Gasteiger partial charge in [0.2, 0.25) is 0 Å². The fourth-order valence-corrected chi connectivity index (χ4v) is 12.7. The van der Waals surface area contributed by atoms with E-state index in [4.69, 9.17) is 33.2 Å². The van der Waals surface area contributed by atoms with Crippen molar-refractivity contribution >= 4 is 5.97 Å². The van der Waals surface area contributed by atoms with Gasteiger partial charge in [0.25, 0.3) is 0 Å². The summed E-state index contributed by atoms with van der Waals surface area (Å²) >= 11 is 0. The fraction of sp³-hybridized carbons (Fsp3) is 0.927. The number of cyclic esters (lactones) is 1. The zero-order valence-corrected chi connectivity index (χ0v) is 32.9. The van der Waals surface area contributed by atoms with Crippen molar-refractivity contribution in [1.29, 1.82) is 0 Å². The van der Waals surface area contributed by atoms with Crippen LogP contribution in [0.1, 0.15) is 105 Å². The van der Waals surface area contributed by atoms with Crippen molar-refractivity contribution in [3.63, 3.8) is 0 Å². The van der Waals surface area contributed by atoms with Crippen LogP contribution in [0, 0.1) is 34.5 Å². The summed E-state index contributed by atoms with van der Waals surface area (Å²) in [5.41, 5.74) is -1.31. The van der Waals surface area contributed by atoms with Crippen LogP contribution in [0.25, 0.3) is 0 Å². The van der Waals surface area contributed by atoms with E-state index in [1.807, 2.05) is 19.9 Å². The van der Waals surface area contributed by atoms with Crippen molar-refractivity contribution in [1.82, 2.24) is 0 Å². The molecule has 1 unspecified atom stereocenters. The summed E-state index contributed by atoms with van der Waals surface area (Å²) in [6, 6.07) is 0.